The van der Waals surface area contributed by atoms with Crippen molar-refractivity contribution in [3.05, 3.63) is 12.1 Å². The number of hydrogen-bond acceptors (Lipinski definition) is 10. The van der Waals surface area contributed by atoms with Crippen LogP contribution in [0.5, 0.6) is 17.5 Å². The predicted octanol–water partition coefficient (Wildman–Crippen LogP) is 1.64. The maximum absolute atomic E-state index is 11.0. The summed E-state index contributed by atoms with van der Waals surface area (Å²) in [6.07, 6.45) is 3.11. The Balaban J connectivity index is 1.57. The first kappa shape index (κ1) is 23.7. The molecule has 0 spiro atoms. The van der Waals surface area contributed by atoms with Crippen molar-refractivity contribution in [2.75, 3.05) is 52.0 Å². The highest BCUT2D eigenvalue weighted by molar-refractivity contribution is 7.84. The van der Waals surface area contributed by atoms with Crippen LogP contribution in [-0.4, -0.2) is 71.6 Å². The van der Waals surface area contributed by atoms with Gasteiger partial charge in [-0.25, -0.2) is 5.14 Å². The molecule has 4 rings (SSSR count). The molecular weight excluding hydrogens is 452 g/mol. The van der Waals surface area contributed by atoms with Crippen molar-refractivity contribution in [3.8, 4) is 17.5 Å². The van der Waals surface area contributed by atoms with Gasteiger partial charge in [-0.2, -0.15) is 18.4 Å². The summed E-state index contributed by atoms with van der Waals surface area (Å²) in [6, 6.07) is 4.02. The van der Waals surface area contributed by atoms with Crippen LogP contribution in [0.3, 0.4) is 0 Å². The fourth-order valence-electron chi connectivity index (χ4n) is 4.23. The molecule has 1 unspecified atom stereocenters. The van der Waals surface area contributed by atoms with Crippen molar-refractivity contribution in [1.82, 2.24) is 9.97 Å². The van der Waals surface area contributed by atoms with E-state index >= 15 is 0 Å². The highest BCUT2D eigenvalue weighted by Gasteiger charge is 2.25. The molecule has 33 heavy (non-hydrogen) atoms. The first-order valence-corrected chi connectivity index (χ1v) is 12.4. The first-order valence-electron chi connectivity index (χ1n) is 11.0. The van der Waals surface area contributed by atoms with Crippen molar-refractivity contribution in [2.45, 2.75) is 31.8 Å². The Labute approximate surface area is 193 Å². The third kappa shape index (κ3) is 5.94. The predicted molar refractivity (Wildman–Crippen MR) is 121 cm³/mol. The molecule has 2 saturated heterocycles. The van der Waals surface area contributed by atoms with Gasteiger partial charge in [0.15, 0.2) is 11.5 Å². The average Bonchev–Trinajstić information content (AvgIpc) is 3.30. The van der Waals surface area contributed by atoms with E-state index in [9.17, 15) is 8.42 Å². The summed E-state index contributed by atoms with van der Waals surface area (Å²) in [5.41, 5.74) is 0.704. The molecule has 182 valence electrons. The van der Waals surface area contributed by atoms with E-state index < -0.39 is 10.3 Å². The Morgan fingerprint density at radius 1 is 1.12 bits per heavy atom. The molecule has 0 radical (unpaired) electrons. The minimum Gasteiger partial charge on any atom is -0.493 e. The van der Waals surface area contributed by atoms with Crippen LogP contribution in [0.2, 0.25) is 0 Å². The van der Waals surface area contributed by atoms with Crippen LogP contribution in [0.15, 0.2) is 12.1 Å². The molecule has 0 amide bonds. The van der Waals surface area contributed by atoms with Gasteiger partial charge in [-0.05, 0) is 31.2 Å². The summed E-state index contributed by atoms with van der Waals surface area (Å²) in [4.78, 5) is 11.6. The lowest BCUT2D eigenvalue weighted by Gasteiger charge is -2.33. The summed E-state index contributed by atoms with van der Waals surface area (Å²) in [6.45, 7) is 2.80. The third-order valence-corrected chi connectivity index (χ3v) is 6.50. The van der Waals surface area contributed by atoms with E-state index in [1.54, 1.807) is 14.2 Å². The van der Waals surface area contributed by atoms with Crippen LogP contribution in [0, 0.1) is 5.92 Å². The number of fused-ring (bicyclic) bond motifs is 1. The quantitative estimate of drug-likeness (QED) is 0.562. The maximum atomic E-state index is 11.0. The smallest absolute Gasteiger partial charge is 0.333 e. The van der Waals surface area contributed by atoms with Gasteiger partial charge in [-0.3, -0.25) is 4.18 Å². The van der Waals surface area contributed by atoms with E-state index in [0.29, 0.717) is 48.6 Å². The Morgan fingerprint density at radius 3 is 2.48 bits per heavy atom. The highest BCUT2D eigenvalue weighted by atomic mass is 32.2. The largest absolute Gasteiger partial charge is 0.493 e. The maximum Gasteiger partial charge on any atom is 0.333 e. The average molecular weight is 483 g/mol. The number of hydrogen-bond donors (Lipinski definition) is 1. The van der Waals surface area contributed by atoms with E-state index in [2.05, 4.69) is 9.88 Å². The molecule has 11 nitrogen and oxygen atoms in total. The topological polar surface area (TPSA) is 135 Å². The van der Waals surface area contributed by atoms with Crippen LogP contribution >= 0.6 is 0 Å². The van der Waals surface area contributed by atoms with E-state index in [-0.39, 0.29) is 12.7 Å². The van der Waals surface area contributed by atoms with Gasteiger partial charge in [-0.1, -0.05) is 0 Å². The number of nitrogens with two attached hydrogens (primary N) is 1. The van der Waals surface area contributed by atoms with Gasteiger partial charge in [0.1, 0.15) is 11.9 Å². The fourth-order valence-corrected chi connectivity index (χ4v) is 4.56. The van der Waals surface area contributed by atoms with Crippen molar-refractivity contribution in [3.63, 3.8) is 0 Å². The molecule has 2 aliphatic rings. The Morgan fingerprint density at radius 2 is 1.85 bits per heavy atom. The molecule has 12 heteroatoms. The van der Waals surface area contributed by atoms with Crippen molar-refractivity contribution in [1.29, 1.82) is 0 Å². The van der Waals surface area contributed by atoms with E-state index in [0.717, 1.165) is 43.6 Å². The lowest BCUT2D eigenvalue weighted by Crippen LogP contribution is -2.35. The Kier molecular flexibility index (Phi) is 7.37. The molecule has 1 aromatic carbocycles. The summed E-state index contributed by atoms with van der Waals surface area (Å²) < 4.78 is 49.0. The van der Waals surface area contributed by atoms with Gasteiger partial charge in [0.05, 0.1) is 39.6 Å². The van der Waals surface area contributed by atoms with E-state index in [4.69, 9.17) is 33.3 Å². The van der Waals surface area contributed by atoms with Crippen LogP contribution in [0.4, 0.5) is 5.82 Å². The van der Waals surface area contributed by atoms with Crippen LogP contribution in [0.1, 0.15) is 25.7 Å². The fraction of sp³-hybridized carbons (Fsp3) is 0.619. The van der Waals surface area contributed by atoms with Gasteiger partial charge in [0.25, 0.3) is 0 Å². The number of anilines is 1. The molecule has 0 bridgehead atoms. The van der Waals surface area contributed by atoms with Crippen LogP contribution in [-0.2, 0) is 19.2 Å². The van der Waals surface area contributed by atoms with Crippen molar-refractivity contribution < 1.29 is 31.5 Å². The second-order valence-electron chi connectivity index (χ2n) is 8.19. The molecule has 2 aromatic rings. The van der Waals surface area contributed by atoms with Gasteiger partial charge < -0.3 is 23.8 Å². The van der Waals surface area contributed by atoms with Crippen molar-refractivity contribution >= 4 is 27.0 Å². The second kappa shape index (κ2) is 10.2. The Bertz CT molecular complexity index is 1070. The molecule has 1 aromatic heterocycles. The minimum absolute atomic E-state index is 0.0694. The first-order chi connectivity index (χ1) is 15.9. The molecule has 3 heterocycles. The van der Waals surface area contributed by atoms with Crippen LogP contribution < -0.4 is 24.2 Å². The number of rotatable bonds is 9. The van der Waals surface area contributed by atoms with Gasteiger partial charge in [0.2, 0.25) is 0 Å². The molecule has 0 saturated carbocycles. The van der Waals surface area contributed by atoms with E-state index in [1.807, 2.05) is 12.1 Å². The zero-order valence-electron chi connectivity index (χ0n) is 18.9. The summed E-state index contributed by atoms with van der Waals surface area (Å²) in [5, 5.41) is 5.75. The molecular formula is C21H30N4O7S. The molecule has 1 atom stereocenters. The lowest BCUT2D eigenvalue weighted by atomic mass is 9.94. The number of aromatic nitrogens is 2. The number of piperidine rings is 1. The summed E-state index contributed by atoms with van der Waals surface area (Å²) >= 11 is 0. The van der Waals surface area contributed by atoms with Gasteiger partial charge >= 0.3 is 16.3 Å². The Hall–Kier alpha value is -2.41. The van der Waals surface area contributed by atoms with Crippen LogP contribution in [0.25, 0.3) is 10.9 Å². The number of nitrogens with zero attached hydrogens (tertiary/aromatic N) is 3. The zero-order valence-corrected chi connectivity index (χ0v) is 19.7. The second-order valence-corrected chi connectivity index (χ2v) is 9.41. The van der Waals surface area contributed by atoms with Crippen molar-refractivity contribution in [2.24, 2.45) is 11.1 Å². The molecule has 0 aliphatic carbocycles. The monoisotopic (exact) mass is 482 g/mol. The lowest BCUT2D eigenvalue weighted by molar-refractivity contribution is 0.134. The number of methoxy groups -OCH3 is 2. The standard InChI is InChI=1S/C21H30N4O7S/c1-28-18-11-16-17(12-19(18)29-2)23-21(32-15-6-9-30-13-15)24-20(16)25-7-3-14(4-8-25)5-10-31-33(22,26)27/h11-12,14-15H,3-10,13H2,1-2H3,(H2,22,26,27). The normalized spacial score (nSPS) is 19.7. The molecule has 2 fully saturated rings. The number of benzene rings is 1. The molecule has 2 N–H and O–H groups in total. The SMILES string of the molecule is COc1cc2nc(OC3CCOC3)nc(N3CCC(CCOS(N)(=O)=O)CC3)c2cc1OC. The molecule has 2 aliphatic heterocycles. The number of ether oxygens (including phenoxy) is 4. The highest BCUT2D eigenvalue weighted by Crippen LogP contribution is 2.37. The third-order valence-electron chi connectivity index (χ3n) is 6.01. The van der Waals surface area contributed by atoms with E-state index in [1.165, 1.54) is 0 Å². The minimum atomic E-state index is -3.90. The summed E-state index contributed by atoms with van der Waals surface area (Å²) in [7, 11) is -0.722. The summed E-state index contributed by atoms with van der Waals surface area (Å²) in [5.74, 6) is 2.30. The van der Waals surface area contributed by atoms with Gasteiger partial charge in [-0.15, -0.1) is 0 Å². The zero-order chi connectivity index (χ0) is 23.4. The van der Waals surface area contributed by atoms with Gasteiger partial charge in [0, 0.05) is 31.0 Å².